The Morgan fingerprint density at radius 2 is 2.19 bits per heavy atom. The van der Waals surface area contributed by atoms with Crippen molar-refractivity contribution in [2.45, 2.75) is 32.6 Å². The average Bonchev–Trinajstić information content (AvgIpc) is 3.03. The van der Waals surface area contributed by atoms with Crippen LogP contribution in [0.4, 0.5) is 10.1 Å². The third-order valence-electron chi connectivity index (χ3n) is 5.24. The highest BCUT2D eigenvalue weighted by atomic mass is 35.5. The van der Waals surface area contributed by atoms with Crippen LogP contribution in [-0.2, 0) is 0 Å². The highest BCUT2D eigenvalue weighted by Crippen LogP contribution is 2.34. The second-order valence-corrected chi connectivity index (χ2v) is 7.45. The zero-order valence-electron chi connectivity index (χ0n) is 15.4. The Labute approximate surface area is 164 Å². The predicted octanol–water partition coefficient (Wildman–Crippen LogP) is 6.38. The van der Waals surface area contributed by atoms with Gasteiger partial charge in [0.2, 0.25) is 0 Å². The van der Waals surface area contributed by atoms with E-state index >= 15 is 0 Å². The molecule has 0 radical (unpaired) electrons. The van der Waals surface area contributed by atoms with Crippen molar-refractivity contribution in [3.8, 4) is 0 Å². The number of aliphatic imine (C=N–C) groups is 1. The topological polar surface area (TPSA) is 15.6 Å². The number of fused-ring (bicyclic) bond motifs is 3. The van der Waals surface area contributed by atoms with Crippen molar-refractivity contribution < 1.29 is 4.39 Å². The molecule has 0 saturated carbocycles. The van der Waals surface area contributed by atoms with Crippen LogP contribution >= 0.6 is 11.6 Å². The Morgan fingerprint density at radius 1 is 1.30 bits per heavy atom. The Hall–Kier alpha value is -2.35. The molecule has 0 unspecified atom stereocenters. The fourth-order valence-corrected chi connectivity index (χ4v) is 3.91. The van der Waals surface area contributed by atoms with E-state index in [-0.39, 0.29) is 5.02 Å². The van der Waals surface area contributed by atoms with Gasteiger partial charge < -0.3 is 4.90 Å². The number of halogens is 2. The van der Waals surface area contributed by atoms with Crippen LogP contribution in [0.25, 0.3) is 6.08 Å². The molecule has 0 amide bonds. The highest BCUT2D eigenvalue weighted by Gasteiger charge is 2.22. The van der Waals surface area contributed by atoms with Crippen LogP contribution in [0.5, 0.6) is 0 Å². The normalized spacial score (nSPS) is 19.0. The maximum atomic E-state index is 14.2. The first kappa shape index (κ1) is 18.0. The minimum atomic E-state index is -0.439. The Balaban J connectivity index is 1.82. The van der Waals surface area contributed by atoms with Crippen molar-refractivity contribution in [2.75, 3.05) is 13.1 Å². The van der Waals surface area contributed by atoms with Gasteiger partial charge in [0.15, 0.2) is 0 Å². The van der Waals surface area contributed by atoms with Crippen molar-refractivity contribution >= 4 is 29.2 Å². The molecule has 1 aromatic rings. The fraction of sp³-hybridized carbons (Fsp3) is 0.304. The number of benzene rings is 1. The minimum absolute atomic E-state index is 0.126. The second-order valence-electron chi connectivity index (χ2n) is 7.05. The molecule has 2 heterocycles. The lowest BCUT2D eigenvalue weighted by molar-refractivity contribution is 0.438. The molecule has 138 valence electrons. The van der Waals surface area contributed by atoms with Gasteiger partial charge in [0, 0.05) is 36.7 Å². The van der Waals surface area contributed by atoms with E-state index in [9.17, 15) is 4.39 Å². The summed E-state index contributed by atoms with van der Waals surface area (Å²) in [6.45, 7) is 4.03. The predicted molar refractivity (Wildman–Crippen MR) is 111 cm³/mol. The lowest BCUT2D eigenvalue weighted by Gasteiger charge is -2.27. The van der Waals surface area contributed by atoms with Gasteiger partial charge >= 0.3 is 0 Å². The molecule has 0 fully saturated rings. The Morgan fingerprint density at radius 3 is 3.04 bits per heavy atom. The molecule has 1 aromatic carbocycles. The summed E-state index contributed by atoms with van der Waals surface area (Å²) in [5, 5.41) is 0.126. The summed E-state index contributed by atoms with van der Waals surface area (Å²) in [4.78, 5) is 7.23. The molecule has 2 aliphatic heterocycles. The standard InChI is InChI=1S/C23H22ClFN2/c1-2-16-7-5-10-27(11-9-16)23-18-8-4-3-6-17(12-18)13-19-14-20(24)21(25)15-22(19)26-23/h3-4,6-7,13-15H,2,5,9-12H2,1H3. The van der Waals surface area contributed by atoms with E-state index < -0.39 is 5.82 Å². The number of nitrogens with zero attached hydrogens (tertiary/aromatic N) is 2. The van der Waals surface area contributed by atoms with Gasteiger partial charge in [-0.15, -0.1) is 5.73 Å². The first-order valence-corrected chi connectivity index (χ1v) is 9.85. The molecule has 4 rings (SSSR count). The summed E-state index contributed by atoms with van der Waals surface area (Å²) in [5.74, 6) is 0.459. The van der Waals surface area contributed by atoms with Crippen molar-refractivity contribution in [1.29, 1.82) is 0 Å². The van der Waals surface area contributed by atoms with Gasteiger partial charge in [-0.1, -0.05) is 42.3 Å². The van der Waals surface area contributed by atoms with E-state index in [1.807, 2.05) is 18.2 Å². The molecular formula is C23H22ClFN2. The number of allylic oxidation sites excluding steroid dienone is 3. The van der Waals surface area contributed by atoms with E-state index in [1.54, 1.807) is 6.07 Å². The van der Waals surface area contributed by atoms with Crippen molar-refractivity contribution in [2.24, 2.45) is 4.99 Å². The molecule has 0 saturated heterocycles. The van der Waals surface area contributed by atoms with Crippen LogP contribution in [0.15, 0.2) is 63.9 Å². The average molecular weight is 381 g/mol. The molecule has 27 heavy (non-hydrogen) atoms. The highest BCUT2D eigenvalue weighted by molar-refractivity contribution is 6.31. The fourth-order valence-electron chi connectivity index (χ4n) is 3.73. The summed E-state index contributed by atoms with van der Waals surface area (Å²) in [7, 11) is 0. The van der Waals surface area contributed by atoms with Gasteiger partial charge in [0.25, 0.3) is 0 Å². The number of rotatable bonds is 1. The van der Waals surface area contributed by atoms with Crippen molar-refractivity contribution in [1.82, 2.24) is 4.90 Å². The van der Waals surface area contributed by atoms with Crippen LogP contribution in [-0.4, -0.2) is 23.8 Å². The van der Waals surface area contributed by atoms with Crippen LogP contribution < -0.4 is 0 Å². The molecule has 0 atom stereocenters. The summed E-state index contributed by atoms with van der Waals surface area (Å²) in [6, 6.07) is 3.11. The summed E-state index contributed by atoms with van der Waals surface area (Å²) < 4.78 is 14.2. The van der Waals surface area contributed by atoms with Crippen LogP contribution in [0, 0.1) is 5.82 Å². The van der Waals surface area contributed by atoms with Gasteiger partial charge in [0.05, 0.1) is 10.7 Å². The summed E-state index contributed by atoms with van der Waals surface area (Å²) in [6.07, 6.45) is 14.3. The van der Waals surface area contributed by atoms with Gasteiger partial charge in [-0.25, -0.2) is 9.38 Å². The van der Waals surface area contributed by atoms with Crippen molar-refractivity contribution in [3.05, 3.63) is 75.3 Å². The maximum Gasteiger partial charge on any atom is 0.143 e. The first-order chi connectivity index (χ1) is 13.1. The Kier molecular flexibility index (Phi) is 5.15. The largest absolute Gasteiger partial charge is 0.355 e. The molecule has 0 spiro atoms. The monoisotopic (exact) mass is 380 g/mol. The van der Waals surface area contributed by atoms with E-state index in [2.05, 4.69) is 29.7 Å². The van der Waals surface area contributed by atoms with E-state index in [0.29, 0.717) is 5.69 Å². The van der Waals surface area contributed by atoms with Crippen LogP contribution in [0.2, 0.25) is 5.02 Å². The third-order valence-corrected chi connectivity index (χ3v) is 5.53. The third kappa shape index (κ3) is 3.85. The number of hydrogen-bond acceptors (Lipinski definition) is 2. The quantitative estimate of drug-likeness (QED) is 0.407. The van der Waals surface area contributed by atoms with Crippen molar-refractivity contribution in [3.63, 3.8) is 0 Å². The van der Waals surface area contributed by atoms with Crippen LogP contribution in [0.1, 0.15) is 38.2 Å². The van der Waals surface area contributed by atoms with Gasteiger partial charge in [0.1, 0.15) is 11.7 Å². The SMILES string of the molecule is CCC1=CCCN(C2=Nc3cc(F)c(Cl)cc3C=C3C=CC=C=C2C3)CC1. The molecular weight excluding hydrogens is 359 g/mol. The molecule has 0 N–H and O–H groups in total. The molecule has 4 heteroatoms. The number of amidine groups is 1. The Bertz CT molecular complexity index is 959. The van der Waals surface area contributed by atoms with Gasteiger partial charge in [-0.3, -0.25) is 0 Å². The summed E-state index contributed by atoms with van der Waals surface area (Å²) in [5.41, 5.74) is 8.54. The zero-order valence-corrected chi connectivity index (χ0v) is 16.2. The number of hydrogen-bond donors (Lipinski definition) is 0. The minimum Gasteiger partial charge on any atom is -0.355 e. The smallest absolute Gasteiger partial charge is 0.143 e. The summed E-state index contributed by atoms with van der Waals surface area (Å²) >= 11 is 6.03. The molecule has 2 nitrogen and oxygen atoms in total. The maximum absolute atomic E-state index is 14.2. The molecule has 1 aliphatic carbocycles. The van der Waals surface area contributed by atoms with E-state index in [0.717, 1.165) is 61.3 Å². The molecule has 0 aromatic heterocycles. The zero-order chi connectivity index (χ0) is 18.8. The lowest BCUT2D eigenvalue weighted by atomic mass is 9.99. The van der Waals surface area contributed by atoms with E-state index in [4.69, 9.17) is 16.6 Å². The van der Waals surface area contributed by atoms with Gasteiger partial charge in [-0.05, 0) is 43.1 Å². The second kappa shape index (κ2) is 7.72. The molecule has 2 bridgehead atoms. The first-order valence-electron chi connectivity index (χ1n) is 9.48. The molecule has 3 aliphatic rings. The van der Waals surface area contributed by atoms with Gasteiger partial charge in [-0.2, -0.15) is 0 Å². The lowest BCUT2D eigenvalue weighted by Crippen LogP contribution is -2.33. The van der Waals surface area contributed by atoms with Crippen LogP contribution in [0.3, 0.4) is 0 Å². The van der Waals surface area contributed by atoms with E-state index in [1.165, 1.54) is 11.6 Å².